The Balaban J connectivity index is 2.55. The van der Waals surface area contributed by atoms with Crippen LogP contribution in [0.25, 0.3) is 0 Å². The molecule has 1 aliphatic carbocycles. The highest BCUT2D eigenvalue weighted by Crippen LogP contribution is 2.28. The standard InChI is InChI=1S/C10H17NO3/c11-6-9(13)10(14-7-12)8-4-2-1-3-5-8/h7-8,10H,1-6,11H2. The van der Waals surface area contributed by atoms with Gasteiger partial charge >= 0.3 is 0 Å². The second-order valence-electron chi connectivity index (χ2n) is 3.72. The minimum atomic E-state index is -0.599. The molecule has 1 fully saturated rings. The number of carbonyl (C=O) groups is 2. The predicted molar refractivity (Wildman–Crippen MR) is 51.6 cm³/mol. The lowest BCUT2D eigenvalue weighted by molar-refractivity contribution is -0.147. The SMILES string of the molecule is NCC(=O)C(OC=O)C1CCCCC1. The van der Waals surface area contributed by atoms with Crippen molar-refractivity contribution >= 4 is 12.3 Å². The second-order valence-corrected chi connectivity index (χ2v) is 3.72. The molecule has 1 unspecified atom stereocenters. The summed E-state index contributed by atoms with van der Waals surface area (Å²) in [7, 11) is 0. The minimum absolute atomic E-state index is 0.0466. The van der Waals surface area contributed by atoms with Gasteiger partial charge in [0.2, 0.25) is 0 Å². The number of Topliss-reactive ketones (excluding diaryl/α,β-unsaturated/α-hetero) is 1. The molecule has 0 bridgehead atoms. The Kier molecular flexibility index (Phi) is 4.59. The van der Waals surface area contributed by atoms with Gasteiger partial charge in [-0.25, -0.2) is 0 Å². The van der Waals surface area contributed by atoms with E-state index in [2.05, 4.69) is 0 Å². The highest BCUT2D eigenvalue weighted by atomic mass is 16.5. The fraction of sp³-hybridized carbons (Fsp3) is 0.800. The van der Waals surface area contributed by atoms with E-state index < -0.39 is 6.10 Å². The van der Waals surface area contributed by atoms with E-state index in [0.717, 1.165) is 25.7 Å². The monoisotopic (exact) mass is 199 g/mol. The highest BCUT2D eigenvalue weighted by molar-refractivity contribution is 5.85. The molecule has 0 spiro atoms. The van der Waals surface area contributed by atoms with Crippen LogP contribution in [0.3, 0.4) is 0 Å². The zero-order valence-electron chi connectivity index (χ0n) is 8.28. The first-order chi connectivity index (χ1) is 6.79. The molecule has 0 amide bonds. The molecule has 0 aromatic rings. The summed E-state index contributed by atoms with van der Waals surface area (Å²) in [5.41, 5.74) is 5.26. The highest BCUT2D eigenvalue weighted by Gasteiger charge is 2.29. The molecule has 1 rings (SSSR count). The van der Waals surface area contributed by atoms with Gasteiger partial charge in [-0.3, -0.25) is 9.59 Å². The van der Waals surface area contributed by atoms with Gasteiger partial charge in [0, 0.05) is 5.92 Å². The number of ketones is 1. The van der Waals surface area contributed by atoms with Crippen LogP contribution in [0, 0.1) is 5.92 Å². The van der Waals surface area contributed by atoms with Gasteiger partial charge in [0.05, 0.1) is 6.54 Å². The molecule has 0 heterocycles. The third-order valence-electron chi connectivity index (χ3n) is 2.80. The lowest BCUT2D eigenvalue weighted by Gasteiger charge is -2.27. The van der Waals surface area contributed by atoms with Crippen LogP contribution in [0.1, 0.15) is 32.1 Å². The summed E-state index contributed by atoms with van der Waals surface area (Å²) in [6.45, 7) is 0.307. The van der Waals surface area contributed by atoms with Crippen LogP contribution < -0.4 is 5.73 Å². The van der Waals surface area contributed by atoms with Crippen molar-refractivity contribution in [2.75, 3.05) is 6.54 Å². The number of nitrogens with two attached hydrogens (primary N) is 1. The Hall–Kier alpha value is -0.900. The summed E-state index contributed by atoms with van der Waals surface area (Å²) in [6.07, 6.45) is 4.76. The fourth-order valence-corrected chi connectivity index (χ4v) is 2.06. The summed E-state index contributed by atoms with van der Waals surface area (Å²) in [4.78, 5) is 21.7. The molecular weight excluding hydrogens is 182 g/mol. The molecule has 1 saturated carbocycles. The van der Waals surface area contributed by atoms with Crippen molar-refractivity contribution < 1.29 is 14.3 Å². The van der Waals surface area contributed by atoms with E-state index >= 15 is 0 Å². The average Bonchev–Trinajstić information content (AvgIpc) is 2.26. The van der Waals surface area contributed by atoms with Crippen molar-refractivity contribution in [3.8, 4) is 0 Å². The van der Waals surface area contributed by atoms with Gasteiger partial charge in [-0.05, 0) is 12.8 Å². The first-order valence-electron chi connectivity index (χ1n) is 5.11. The van der Waals surface area contributed by atoms with Crippen LogP contribution in [0.5, 0.6) is 0 Å². The summed E-state index contributed by atoms with van der Waals surface area (Å²) in [6, 6.07) is 0. The van der Waals surface area contributed by atoms with Crippen LogP contribution in [-0.2, 0) is 14.3 Å². The Morgan fingerprint density at radius 1 is 1.43 bits per heavy atom. The third kappa shape index (κ3) is 2.80. The van der Waals surface area contributed by atoms with E-state index in [1.807, 2.05) is 0 Å². The topological polar surface area (TPSA) is 69.4 Å². The number of carbonyl (C=O) groups excluding carboxylic acids is 2. The van der Waals surface area contributed by atoms with Crippen LogP contribution in [0.4, 0.5) is 0 Å². The molecule has 0 aromatic carbocycles. The molecule has 2 N–H and O–H groups in total. The molecule has 4 nitrogen and oxygen atoms in total. The first-order valence-corrected chi connectivity index (χ1v) is 5.11. The smallest absolute Gasteiger partial charge is 0.293 e. The lowest BCUT2D eigenvalue weighted by Crippen LogP contribution is -2.37. The van der Waals surface area contributed by atoms with Crippen molar-refractivity contribution in [3.63, 3.8) is 0 Å². The van der Waals surface area contributed by atoms with Crippen molar-refractivity contribution in [2.24, 2.45) is 11.7 Å². The van der Waals surface area contributed by atoms with Gasteiger partial charge in [0.25, 0.3) is 6.47 Å². The summed E-state index contributed by atoms with van der Waals surface area (Å²) in [5, 5.41) is 0. The Labute approximate surface area is 83.8 Å². The van der Waals surface area contributed by atoms with Gasteiger partial charge in [-0.2, -0.15) is 0 Å². The van der Waals surface area contributed by atoms with Gasteiger partial charge in [0.1, 0.15) is 0 Å². The lowest BCUT2D eigenvalue weighted by atomic mass is 9.84. The molecule has 4 heteroatoms. The third-order valence-corrected chi connectivity index (χ3v) is 2.80. The summed E-state index contributed by atoms with van der Waals surface area (Å²) >= 11 is 0. The van der Waals surface area contributed by atoms with Crippen molar-refractivity contribution in [3.05, 3.63) is 0 Å². The van der Waals surface area contributed by atoms with E-state index in [0.29, 0.717) is 6.47 Å². The minimum Gasteiger partial charge on any atom is -0.456 e. The quantitative estimate of drug-likeness (QED) is 0.659. The predicted octanol–water partition coefficient (Wildman–Crippen LogP) is 0.636. The largest absolute Gasteiger partial charge is 0.456 e. The first kappa shape index (κ1) is 11.2. The van der Waals surface area contributed by atoms with E-state index in [4.69, 9.17) is 10.5 Å². The molecule has 0 radical (unpaired) electrons. The summed E-state index contributed by atoms with van der Waals surface area (Å²) < 4.78 is 4.82. The Morgan fingerprint density at radius 2 is 2.07 bits per heavy atom. The maximum absolute atomic E-state index is 11.4. The Bertz CT molecular complexity index is 200. The van der Waals surface area contributed by atoms with E-state index in [-0.39, 0.29) is 18.2 Å². The van der Waals surface area contributed by atoms with Gasteiger partial charge in [-0.15, -0.1) is 0 Å². The number of ether oxygens (including phenoxy) is 1. The average molecular weight is 199 g/mol. The molecular formula is C10H17NO3. The number of hydrogen-bond acceptors (Lipinski definition) is 4. The molecule has 0 aromatic heterocycles. The maximum atomic E-state index is 11.4. The van der Waals surface area contributed by atoms with Gasteiger partial charge in [0.15, 0.2) is 11.9 Å². The van der Waals surface area contributed by atoms with Gasteiger partial charge in [-0.1, -0.05) is 19.3 Å². The normalized spacial score (nSPS) is 20.1. The summed E-state index contributed by atoms with van der Waals surface area (Å²) in [5.74, 6) is 0.0222. The maximum Gasteiger partial charge on any atom is 0.293 e. The number of hydrogen-bond donors (Lipinski definition) is 1. The van der Waals surface area contributed by atoms with Crippen molar-refractivity contribution in [1.82, 2.24) is 0 Å². The van der Waals surface area contributed by atoms with Crippen LogP contribution in [0.2, 0.25) is 0 Å². The van der Waals surface area contributed by atoms with Gasteiger partial charge < -0.3 is 10.5 Å². The van der Waals surface area contributed by atoms with E-state index in [1.54, 1.807) is 0 Å². The Morgan fingerprint density at radius 3 is 2.57 bits per heavy atom. The molecule has 1 atom stereocenters. The zero-order chi connectivity index (χ0) is 10.4. The molecule has 14 heavy (non-hydrogen) atoms. The fourth-order valence-electron chi connectivity index (χ4n) is 2.06. The molecule has 0 aliphatic heterocycles. The molecule has 1 aliphatic rings. The van der Waals surface area contributed by atoms with Crippen LogP contribution in [-0.4, -0.2) is 24.9 Å². The van der Waals surface area contributed by atoms with Crippen LogP contribution in [0.15, 0.2) is 0 Å². The van der Waals surface area contributed by atoms with Crippen molar-refractivity contribution in [1.29, 1.82) is 0 Å². The molecule has 0 saturated heterocycles. The zero-order valence-corrected chi connectivity index (χ0v) is 8.28. The van der Waals surface area contributed by atoms with Crippen molar-refractivity contribution in [2.45, 2.75) is 38.2 Å². The van der Waals surface area contributed by atoms with E-state index in [9.17, 15) is 9.59 Å². The molecule has 80 valence electrons. The van der Waals surface area contributed by atoms with Crippen LogP contribution >= 0.6 is 0 Å². The van der Waals surface area contributed by atoms with E-state index in [1.165, 1.54) is 6.42 Å². The number of rotatable bonds is 5. The second kappa shape index (κ2) is 5.75.